The van der Waals surface area contributed by atoms with Crippen molar-refractivity contribution >= 4 is 5.91 Å². The average molecular weight is 168 g/mol. The number of nitrogens with zero attached hydrogens (tertiary/aromatic N) is 2. The molecule has 0 atom stereocenters. The summed E-state index contributed by atoms with van der Waals surface area (Å²) in [5.41, 5.74) is 6.44. The van der Waals surface area contributed by atoms with Crippen LogP contribution in [-0.2, 0) is 13.1 Å². The summed E-state index contributed by atoms with van der Waals surface area (Å²) in [5.74, 6) is -0.415. The molecule has 6 nitrogen and oxygen atoms in total. The molecule has 12 heavy (non-hydrogen) atoms. The molecule has 64 valence electrons. The van der Waals surface area contributed by atoms with E-state index in [2.05, 4.69) is 9.97 Å². The fourth-order valence-corrected chi connectivity index (χ4v) is 1.24. The highest BCUT2D eigenvalue weighted by molar-refractivity contribution is 5.89. The second-order valence-electron chi connectivity index (χ2n) is 2.70. The highest BCUT2D eigenvalue weighted by atomic mass is 16.5. The van der Waals surface area contributed by atoms with E-state index in [0.29, 0.717) is 18.8 Å². The number of carbonyl (C=O) groups is 1. The quantitative estimate of drug-likeness (QED) is 0.512. The molecule has 0 radical (unpaired) electrons. The largest absolute Gasteiger partial charge is 0.363 e. The van der Waals surface area contributed by atoms with Gasteiger partial charge in [-0.3, -0.25) is 4.79 Å². The van der Waals surface area contributed by atoms with Crippen LogP contribution in [0.4, 0.5) is 0 Å². The first-order chi connectivity index (χ1) is 5.66. The Kier molecular flexibility index (Phi) is 1.39. The van der Waals surface area contributed by atoms with Crippen molar-refractivity contribution in [2.24, 2.45) is 5.73 Å². The van der Waals surface area contributed by atoms with Crippen molar-refractivity contribution in [2.75, 3.05) is 0 Å². The summed E-state index contributed by atoms with van der Waals surface area (Å²) in [6, 6.07) is 0. The van der Waals surface area contributed by atoms with Crippen molar-refractivity contribution in [1.82, 2.24) is 15.0 Å². The maximum Gasteiger partial charge on any atom is 0.284 e. The number of aromatic nitrogens is 2. The lowest BCUT2D eigenvalue weighted by molar-refractivity contribution is -0.0981. The molecule has 6 heteroatoms. The van der Waals surface area contributed by atoms with Gasteiger partial charge >= 0.3 is 0 Å². The third-order valence-corrected chi connectivity index (χ3v) is 1.77. The Morgan fingerprint density at radius 3 is 3.00 bits per heavy atom. The molecule has 0 spiro atoms. The van der Waals surface area contributed by atoms with Crippen LogP contribution in [0, 0.1) is 0 Å². The molecule has 1 aromatic heterocycles. The zero-order valence-corrected chi connectivity index (χ0v) is 6.24. The van der Waals surface area contributed by atoms with Crippen LogP contribution in [0.3, 0.4) is 0 Å². The SMILES string of the molecule is NC(=O)c1nc2c([nH]1)CN(O)C2. The third kappa shape index (κ3) is 0.973. The number of nitrogens with two attached hydrogens (primary N) is 1. The molecule has 0 saturated heterocycles. The van der Waals surface area contributed by atoms with E-state index in [1.807, 2.05) is 0 Å². The zero-order chi connectivity index (χ0) is 8.72. The van der Waals surface area contributed by atoms with Crippen LogP contribution in [0.5, 0.6) is 0 Å². The molecule has 1 amide bonds. The van der Waals surface area contributed by atoms with Gasteiger partial charge in [-0.15, -0.1) is 0 Å². The summed E-state index contributed by atoms with van der Waals surface area (Å²) in [4.78, 5) is 17.3. The van der Waals surface area contributed by atoms with Crippen molar-refractivity contribution in [2.45, 2.75) is 13.1 Å². The van der Waals surface area contributed by atoms with E-state index in [4.69, 9.17) is 10.9 Å². The van der Waals surface area contributed by atoms with Gasteiger partial charge in [0.15, 0.2) is 5.82 Å². The Hall–Kier alpha value is -1.40. The maximum absolute atomic E-state index is 10.6. The van der Waals surface area contributed by atoms with Gasteiger partial charge in [0.25, 0.3) is 5.91 Å². The maximum atomic E-state index is 10.6. The molecular weight excluding hydrogens is 160 g/mol. The number of hydrogen-bond acceptors (Lipinski definition) is 4. The van der Waals surface area contributed by atoms with E-state index in [0.717, 1.165) is 10.8 Å². The topological polar surface area (TPSA) is 95.2 Å². The van der Waals surface area contributed by atoms with Crippen molar-refractivity contribution < 1.29 is 10.0 Å². The van der Waals surface area contributed by atoms with Crippen molar-refractivity contribution in [3.05, 3.63) is 17.2 Å². The Bertz CT molecular complexity index is 309. The molecule has 0 bridgehead atoms. The predicted octanol–water partition coefficient (Wildman–Crippen LogP) is -0.787. The van der Waals surface area contributed by atoms with Gasteiger partial charge in [0.1, 0.15) is 0 Å². The van der Waals surface area contributed by atoms with Gasteiger partial charge in [0.2, 0.25) is 0 Å². The first kappa shape index (κ1) is 7.26. The lowest BCUT2D eigenvalue weighted by atomic mass is 10.4. The first-order valence-electron chi connectivity index (χ1n) is 3.48. The number of amides is 1. The van der Waals surface area contributed by atoms with Crippen LogP contribution in [0.25, 0.3) is 0 Å². The van der Waals surface area contributed by atoms with E-state index < -0.39 is 5.91 Å². The number of rotatable bonds is 1. The normalized spacial score (nSPS) is 16.4. The minimum atomic E-state index is -0.575. The summed E-state index contributed by atoms with van der Waals surface area (Å²) >= 11 is 0. The second-order valence-corrected chi connectivity index (χ2v) is 2.70. The molecular formula is C6H8N4O2. The van der Waals surface area contributed by atoms with Crippen LogP contribution < -0.4 is 5.73 Å². The van der Waals surface area contributed by atoms with Gasteiger partial charge in [-0.05, 0) is 0 Å². The van der Waals surface area contributed by atoms with Crippen molar-refractivity contribution in [3.8, 4) is 0 Å². The van der Waals surface area contributed by atoms with Crippen LogP contribution in [-0.4, -0.2) is 26.1 Å². The Labute approximate surface area is 68.0 Å². The number of primary amides is 1. The molecule has 1 aliphatic heterocycles. The predicted molar refractivity (Wildman–Crippen MR) is 38.1 cm³/mol. The highest BCUT2D eigenvalue weighted by Crippen LogP contribution is 2.17. The molecule has 0 unspecified atom stereocenters. The number of nitrogens with one attached hydrogen (secondary N) is 1. The molecule has 0 fully saturated rings. The number of fused-ring (bicyclic) bond motifs is 1. The van der Waals surface area contributed by atoms with E-state index in [1.54, 1.807) is 0 Å². The number of hydroxylamine groups is 2. The monoisotopic (exact) mass is 168 g/mol. The Morgan fingerprint density at radius 1 is 1.67 bits per heavy atom. The standard InChI is InChI=1S/C6H8N4O2/c7-5(11)6-8-3-1-10(12)2-4(3)9-6/h12H,1-2H2,(H2,7,11)(H,8,9). The fraction of sp³-hybridized carbons (Fsp3) is 0.333. The van der Waals surface area contributed by atoms with Gasteiger partial charge in [-0.25, -0.2) is 4.98 Å². The summed E-state index contributed by atoms with van der Waals surface area (Å²) < 4.78 is 0. The summed E-state index contributed by atoms with van der Waals surface area (Å²) in [6.07, 6.45) is 0. The van der Waals surface area contributed by atoms with Crippen molar-refractivity contribution in [3.63, 3.8) is 0 Å². The zero-order valence-electron chi connectivity index (χ0n) is 6.24. The van der Waals surface area contributed by atoms with Crippen LogP contribution >= 0.6 is 0 Å². The van der Waals surface area contributed by atoms with Gasteiger partial charge in [0, 0.05) is 0 Å². The number of carbonyl (C=O) groups excluding carboxylic acids is 1. The molecule has 0 aromatic carbocycles. The molecule has 0 saturated carbocycles. The summed E-state index contributed by atoms with van der Waals surface area (Å²) in [7, 11) is 0. The lowest BCUT2D eigenvalue weighted by Gasteiger charge is -2.01. The summed E-state index contributed by atoms with van der Waals surface area (Å²) in [6.45, 7) is 0.717. The third-order valence-electron chi connectivity index (χ3n) is 1.77. The van der Waals surface area contributed by atoms with Gasteiger partial charge in [0.05, 0.1) is 24.5 Å². The highest BCUT2D eigenvalue weighted by Gasteiger charge is 2.22. The summed E-state index contributed by atoms with van der Waals surface area (Å²) in [5, 5.41) is 10.1. The minimum Gasteiger partial charge on any atom is -0.363 e. The fourth-order valence-electron chi connectivity index (χ4n) is 1.24. The van der Waals surface area contributed by atoms with E-state index in [9.17, 15) is 4.79 Å². The molecule has 1 aromatic rings. The molecule has 2 rings (SSSR count). The Morgan fingerprint density at radius 2 is 2.42 bits per heavy atom. The van der Waals surface area contributed by atoms with Crippen LogP contribution in [0.2, 0.25) is 0 Å². The minimum absolute atomic E-state index is 0.160. The number of imidazole rings is 1. The lowest BCUT2D eigenvalue weighted by Crippen LogP contribution is -2.15. The van der Waals surface area contributed by atoms with Crippen molar-refractivity contribution in [1.29, 1.82) is 0 Å². The van der Waals surface area contributed by atoms with Crippen LogP contribution in [0.15, 0.2) is 0 Å². The van der Waals surface area contributed by atoms with E-state index >= 15 is 0 Å². The molecule has 4 N–H and O–H groups in total. The number of aromatic amines is 1. The van der Waals surface area contributed by atoms with E-state index in [-0.39, 0.29) is 5.82 Å². The molecule has 1 aliphatic rings. The Balaban J connectivity index is 2.34. The average Bonchev–Trinajstić information content (AvgIpc) is 2.42. The van der Waals surface area contributed by atoms with Gasteiger partial charge in [-0.1, -0.05) is 0 Å². The smallest absolute Gasteiger partial charge is 0.284 e. The molecule has 2 heterocycles. The molecule has 0 aliphatic carbocycles. The van der Waals surface area contributed by atoms with Crippen LogP contribution in [0.1, 0.15) is 22.0 Å². The van der Waals surface area contributed by atoms with E-state index in [1.165, 1.54) is 0 Å². The number of H-pyrrole nitrogens is 1. The number of hydrogen-bond donors (Lipinski definition) is 3. The second kappa shape index (κ2) is 2.29. The van der Waals surface area contributed by atoms with Gasteiger partial charge in [-0.2, -0.15) is 5.06 Å². The first-order valence-corrected chi connectivity index (χ1v) is 3.48. The van der Waals surface area contributed by atoms with Gasteiger partial charge < -0.3 is 15.9 Å².